The quantitative estimate of drug-likeness (QED) is 0.699. The minimum atomic E-state index is -0.284. The molecule has 1 amide bonds. The highest BCUT2D eigenvalue weighted by Gasteiger charge is 2.38. The summed E-state index contributed by atoms with van der Waals surface area (Å²) in [6.45, 7) is 12.0. The fourth-order valence-corrected chi connectivity index (χ4v) is 1.46. The summed E-state index contributed by atoms with van der Waals surface area (Å²) in [5, 5.41) is 6.31. The molecule has 1 heterocycles. The molecule has 3 nitrogen and oxygen atoms in total. The molecule has 0 saturated carbocycles. The second-order valence-corrected chi connectivity index (χ2v) is 5.88. The van der Waals surface area contributed by atoms with Crippen molar-refractivity contribution in [2.45, 2.75) is 40.7 Å². The van der Waals surface area contributed by atoms with Crippen LogP contribution in [-0.4, -0.2) is 25.0 Å². The molecule has 1 unspecified atom stereocenters. The van der Waals surface area contributed by atoms with Crippen molar-refractivity contribution in [3.63, 3.8) is 0 Å². The van der Waals surface area contributed by atoms with E-state index >= 15 is 0 Å². The van der Waals surface area contributed by atoms with Crippen molar-refractivity contribution in [2.24, 2.45) is 10.8 Å². The molecule has 3 heteroatoms. The summed E-state index contributed by atoms with van der Waals surface area (Å²) in [7, 11) is 0. The zero-order valence-electron chi connectivity index (χ0n) is 9.90. The maximum atomic E-state index is 11.6. The van der Waals surface area contributed by atoms with Gasteiger partial charge < -0.3 is 10.6 Å². The van der Waals surface area contributed by atoms with Gasteiger partial charge in [0.1, 0.15) is 0 Å². The van der Waals surface area contributed by atoms with Crippen molar-refractivity contribution in [1.82, 2.24) is 10.6 Å². The summed E-state index contributed by atoms with van der Waals surface area (Å²) < 4.78 is 0. The van der Waals surface area contributed by atoms with Gasteiger partial charge in [-0.1, -0.05) is 34.6 Å². The van der Waals surface area contributed by atoms with Gasteiger partial charge in [0.05, 0.1) is 0 Å². The van der Waals surface area contributed by atoms with E-state index in [1.165, 1.54) is 0 Å². The number of amides is 1. The van der Waals surface area contributed by atoms with Crippen molar-refractivity contribution in [3.8, 4) is 0 Å². The molecule has 0 aliphatic carbocycles. The van der Waals surface area contributed by atoms with Crippen LogP contribution >= 0.6 is 0 Å². The molecular weight excluding hydrogens is 176 g/mol. The van der Waals surface area contributed by atoms with Crippen molar-refractivity contribution in [3.05, 3.63) is 0 Å². The Morgan fingerprint density at radius 2 is 2.07 bits per heavy atom. The van der Waals surface area contributed by atoms with Gasteiger partial charge in [0.25, 0.3) is 0 Å². The lowest BCUT2D eigenvalue weighted by Crippen LogP contribution is -2.63. The van der Waals surface area contributed by atoms with E-state index in [2.05, 4.69) is 24.5 Å². The van der Waals surface area contributed by atoms with Gasteiger partial charge in [0.2, 0.25) is 5.91 Å². The molecular formula is C11H22N2O. The highest BCUT2D eigenvalue weighted by molar-refractivity contribution is 5.81. The lowest BCUT2D eigenvalue weighted by Gasteiger charge is -2.46. The summed E-state index contributed by atoms with van der Waals surface area (Å²) in [6, 6.07) is 0.425. The summed E-state index contributed by atoms with van der Waals surface area (Å²) >= 11 is 0. The molecule has 0 aromatic heterocycles. The molecule has 82 valence electrons. The van der Waals surface area contributed by atoms with E-state index in [4.69, 9.17) is 0 Å². The number of hydrogen-bond donors (Lipinski definition) is 2. The van der Waals surface area contributed by atoms with Crippen LogP contribution in [0.3, 0.4) is 0 Å². The summed E-state index contributed by atoms with van der Waals surface area (Å²) in [5.74, 6) is 0.127. The van der Waals surface area contributed by atoms with Crippen LogP contribution in [0.1, 0.15) is 34.6 Å². The molecule has 1 fully saturated rings. The normalized spacial score (nSPS) is 25.4. The first-order valence-electron chi connectivity index (χ1n) is 5.25. The standard InChI is InChI=1S/C11H22N2O/c1-10(2,3)9(14)12-6-8-11(4,5)7-13-8/h8,13H,6-7H2,1-5H3,(H,12,14). The molecule has 0 radical (unpaired) electrons. The van der Waals surface area contributed by atoms with Gasteiger partial charge in [0, 0.05) is 24.5 Å². The third-order valence-corrected chi connectivity index (χ3v) is 2.90. The molecule has 0 aromatic rings. The molecule has 1 aliphatic rings. The monoisotopic (exact) mass is 198 g/mol. The van der Waals surface area contributed by atoms with Crippen molar-refractivity contribution >= 4 is 5.91 Å². The van der Waals surface area contributed by atoms with Crippen LogP contribution in [-0.2, 0) is 4.79 Å². The predicted molar refractivity (Wildman–Crippen MR) is 58.0 cm³/mol. The van der Waals surface area contributed by atoms with E-state index in [0.29, 0.717) is 11.5 Å². The van der Waals surface area contributed by atoms with Crippen molar-refractivity contribution < 1.29 is 4.79 Å². The maximum Gasteiger partial charge on any atom is 0.225 e. The van der Waals surface area contributed by atoms with Gasteiger partial charge in [-0.15, -0.1) is 0 Å². The van der Waals surface area contributed by atoms with Gasteiger partial charge in [-0.2, -0.15) is 0 Å². The third kappa shape index (κ3) is 2.47. The first kappa shape index (κ1) is 11.5. The summed E-state index contributed by atoms with van der Waals surface area (Å²) in [4.78, 5) is 11.6. The molecule has 14 heavy (non-hydrogen) atoms. The summed E-state index contributed by atoms with van der Waals surface area (Å²) in [6.07, 6.45) is 0. The third-order valence-electron chi connectivity index (χ3n) is 2.90. The minimum Gasteiger partial charge on any atom is -0.354 e. The molecule has 0 spiro atoms. The van der Waals surface area contributed by atoms with Gasteiger partial charge in [-0.25, -0.2) is 0 Å². The summed E-state index contributed by atoms with van der Waals surface area (Å²) in [5.41, 5.74) is 0.0407. The number of hydrogen-bond acceptors (Lipinski definition) is 2. The lowest BCUT2D eigenvalue weighted by molar-refractivity contribution is -0.128. The van der Waals surface area contributed by atoms with E-state index in [9.17, 15) is 4.79 Å². The van der Waals surface area contributed by atoms with Gasteiger partial charge >= 0.3 is 0 Å². The van der Waals surface area contributed by atoms with E-state index in [1.807, 2.05) is 20.8 Å². The molecule has 1 atom stereocenters. The van der Waals surface area contributed by atoms with Gasteiger partial charge in [0.15, 0.2) is 0 Å². The van der Waals surface area contributed by atoms with Crippen LogP contribution in [0, 0.1) is 10.8 Å². The van der Waals surface area contributed by atoms with Crippen molar-refractivity contribution in [2.75, 3.05) is 13.1 Å². The largest absolute Gasteiger partial charge is 0.354 e. The fourth-order valence-electron chi connectivity index (χ4n) is 1.46. The van der Waals surface area contributed by atoms with Crippen LogP contribution in [0.15, 0.2) is 0 Å². The topological polar surface area (TPSA) is 41.1 Å². The molecule has 0 aromatic carbocycles. The van der Waals surface area contributed by atoms with E-state index < -0.39 is 0 Å². The van der Waals surface area contributed by atoms with Gasteiger partial charge in [-0.3, -0.25) is 4.79 Å². The smallest absolute Gasteiger partial charge is 0.225 e. The van der Waals surface area contributed by atoms with Crippen LogP contribution < -0.4 is 10.6 Å². The average Bonchev–Trinajstić information content (AvgIpc) is 2.01. The number of carbonyl (C=O) groups excluding carboxylic acids is 1. The number of nitrogens with one attached hydrogen (secondary N) is 2. The Hall–Kier alpha value is -0.570. The van der Waals surface area contributed by atoms with Crippen LogP contribution in [0.2, 0.25) is 0 Å². The van der Waals surface area contributed by atoms with Crippen LogP contribution in [0.4, 0.5) is 0 Å². The Kier molecular flexibility index (Phi) is 2.91. The SMILES string of the molecule is CC(C)(C)C(=O)NCC1NCC1(C)C. The zero-order chi connectivity index (χ0) is 11.0. The van der Waals surface area contributed by atoms with E-state index in [1.54, 1.807) is 0 Å². The zero-order valence-corrected chi connectivity index (χ0v) is 9.90. The lowest BCUT2D eigenvalue weighted by atomic mass is 9.77. The minimum absolute atomic E-state index is 0.127. The Bertz CT molecular complexity index is 228. The first-order valence-corrected chi connectivity index (χ1v) is 5.25. The van der Waals surface area contributed by atoms with Crippen molar-refractivity contribution in [1.29, 1.82) is 0 Å². The fraction of sp³-hybridized carbons (Fsp3) is 0.909. The maximum absolute atomic E-state index is 11.6. The van der Waals surface area contributed by atoms with E-state index in [-0.39, 0.29) is 11.3 Å². The highest BCUT2D eigenvalue weighted by atomic mass is 16.2. The highest BCUT2D eigenvalue weighted by Crippen LogP contribution is 2.27. The molecule has 2 N–H and O–H groups in total. The molecule has 1 rings (SSSR count). The molecule has 1 aliphatic heterocycles. The molecule has 1 saturated heterocycles. The molecule has 0 bridgehead atoms. The Morgan fingerprint density at radius 3 is 2.36 bits per heavy atom. The Morgan fingerprint density at radius 1 is 1.50 bits per heavy atom. The first-order chi connectivity index (χ1) is 6.23. The average molecular weight is 198 g/mol. The second-order valence-electron chi connectivity index (χ2n) is 5.88. The Balaban J connectivity index is 2.32. The predicted octanol–water partition coefficient (Wildman–Crippen LogP) is 1.15. The van der Waals surface area contributed by atoms with Crippen LogP contribution in [0.5, 0.6) is 0 Å². The van der Waals surface area contributed by atoms with Gasteiger partial charge in [-0.05, 0) is 5.41 Å². The Labute approximate surface area is 86.6 Å². The van der Waals surface area contributed by atoms with Crippen LogP contribution in [0.25, 0.3) is 0 Å². The number of carbonyl (C=O) groups is 1. The number of rotatable bonds is 2. The second kappa shape index (κ2) is 3.54. The van der Waals surface area contributed by atoms with E-state index in [0.717, 1.165) is 13.1 Å².